The average Bonchev–Trinajstić information content (AvgIpc) is 3.03. The van der Waals surface area contributed by atoms with Gasteiger partial charge in [0.05, 0.1) is 22.0 Å². The fourth-order valence-electron chi connectivity index (χ4n) is 2.49. The van der Waals surface area contributed by atoms with Gasteiger partial charge in [-0.2, -0.15) is 5.10 Å². The van der Waals surface area contributed by atoms with Crippen molar-refractivity contribution in [2.24, 2.45) is 0 Å². The zero-order valence-corrected chi connectivity index (χ0v) is 16.0. The van der Waals surface area contributed by atoms with Crippen molar-refractivity contribution in [3.63, 3.8) is 0 Å². The summed E-state index contributed by atoms with van der Waals surface area (Å²) < 4.78 is 1.36. The van der Waals surface area contributed by atoms with Crippen molar-refractivity contribution in [2.75, 3.05) is 12.4 Å². The van der Waals surface area contributed by atoms with Gasteiger partial charge in [0.2, 0.25) is 0 Å². The highest BCUT2D eigenvalue weighted by molar-refractivity contribution is 6.32. The second kappa shape index (κ2) is 7.77. The van der Waals surface area contributed by atoms with Gasteiger partial charge in [-0.1, -0.05) is 23.2 Å². The number of carbonyl (C=O) groups is 2. The highest BCUT2D eigenvalue weighted by Crippen LogP contribution is 2.23. The SMILES string of the molecule is CNC(=O)c1ccc(Cl)cc1NC(=O)c1cc(C)nn1-c1ncccc1Cl. The standard InChI is InChI=1S/C18H15Cl2N5O2/c1-10-8-15(25(24-10)16-13(20)4-3-7-22-16)18(27)23-14-9-11(19)5-6-12(14)17(26)21-2/h3-9H,1-2H3,(H,21,26)(H,23,27). The molecule has 1 aromatic carbocycles. The Balaban J connectivity index is 2.01. The summed E-state index contributed by atoms with van der Waals surface area (Å²) in [5, 5.41) is 10.3. The quantitative estimate of drug-likeness (QED) is 0.697. The van der Waals surface area contributed by atoms with Gasteiger partial charge in [0.1, 0.15) is 5.69 Å². The number of benzene rings is 1. The van der Waals surface area contributed by atoms with Crippen LogP contribution in [0.1, 0.15) is 26.5 Å². The van der Waals surface area contributed by atoms with E-state index < -0.39 is 5.91 Å². The smallest absolute Gasteiger partial charge is 0.274 e. The van der Waals surface area contributed by atoms with Crippen LogP contribution in [0.15, 0.2) is 42.6 Å². The van der Waals surface area contributed by atoms with Crippen molar-refractivity contribution in [3.8, 4) is 5.82 Å². The maximum absolute atomic E-state index is 12.9. The number of nitrogens with one attached hydrogen (secondary N) is 2. The lowest BCUT2D eigenvalue weighted by molar-refractivity contribution is 0.0964. The number of hydrogen-bond acceptors (Lipinski definition) is 4. The molecular weight excluding hydrogens is 389 g/mol. The molecule has 2 amide bonds. The lowest BCUT2D eigenvalue weighted by Crippen LogP contribution is -2.23. The zero-order valence-electron chi connectivity index (χ0n) is 14.5. The first-order valence-corrected chi connectivity index (χ1v) is 8.67. The molecule has 3 aromatic rings. The summed E-state index contributed by atoms with van der Waals surface area (Å²) >= 11 is 12.2. The molecule has 0 saturated carbocycles. The Morgan fingerprint density at radius 1 is 1.11 bits per heavy atom. The maximum atomic E-state index is 12.9. The van der Waals surface area contributed by atoms with Crippen molar-refractivity contribution in [2.45, 2.75) is 6.92 Å². The number of rotatable bonds is 4. The monoisotopic (exact) mass is 403 g/mol. The number of anilines is 1. The zero-order chi connectivity index (χ0) is 19.6. The summed E-state index contributed by atoms with van der Waals surface area (Å²) in [6.07, 6.45) is 1.56. The normalized spacial score (nSPS) is 10.5. The number of halogens is 2. The van der Waals surface area contributed by atoms with Crippen molar-refractivity contribution in [1.82, 2.24) is 20.1 Å². The molecule has 0 aliphatic rings. The summed E-state index contributed by atoms with van der Waals surface area (Å²) in [6, 6.07) is 9.56. The van der Waals surface area contributed by atoms with Crippen molar-refractivity contribution < 1.29 is 9.59 Å². The van der Waals surface area contributed by atoms with Gasteiger partial charge in [-0.3, -0.25) is 9.59 Å². The minimum Gasteiger partial charge on any atom is -0.355 e. The van der Waals surface area contributed by atoms with Gasteiger partial charge in [0.15, 0.2) is 5.82 Å². The molecule has 3 rings (SSSR count). The number of pyridine rings is 1. The van der Waals surface area contributed by atoms with E-state index in [1.54, 1.807) is 37.4 Å². The minimum absolute atomic E-state index is 0.218. The predicted octanol–water partition coefficient (Wildman–Crippen LogP) is 3.49. The van der Waals surface area contributed by atoms with Gasteiger partial charge in [-0.05, 0) is 43.3 Å². The molecule has 0 bridgehead atoms. The van der Waals surface area contributed by atoms with Crippen molar-refractivity contribution in [3.05, 3.63) is 69.6 Å². The van der Waals surface area contributed by atoms with E-state index in [-0.39, 0.29) is 22.9 Å². The highest BCUT2D eigenvalue weighted by Gasteiger charge is 2.20. The van der Waals surface area contributed by atoms with Crippen LogP contribution < -0.4 is 10.6 Å². The molecule has 7 nitrogen and oxygen atoms in total. The first-order valence-electron chi connectivity index (χ1n) is 7.91. The Hall–Kier alpha value is -2.90. The molecular formula is C18H15Cl2N5O2. The lowest BCUT2D eigenvalue weighted by atomic mass is 10.1. The fourth-order valence-corrected chi connectivity index (χ4v) is 2.87. The Kier molecular flexibility index (Phi) is 5.43. The van der Waals surface area contributed by atoms with Crippen LogP contribution in [-0.2, 0) is 0 Å². The molecule has 138 valence electrons. The molecule has 0 aliphatic carbocycles. The third kappa shape index (κ3) is 3.94. The largest absolute Gasteiger partial charge is 0.355 e. The van der Waals surface area contributed by atoms with Crippen LogP contribution in [0, 0.1) is 6.92 Å². The molecule has 0 spiro atoms. The Morgan fingerprint density at radius 3 is 2.59 bits per heavy atom. The molecule has 0 radical (unpaired) electrons. The molecule has 27 heavy (non-hydrogen) atoms. The molecule has 0 saturated heterocycles. The number of nitrogens with zero attached hydrogens (tertiary/aromatic N) is 3. The molecule has 2 aromatic heterocycles. The molecule has 2 N–H and O–H groups in total. The van der Waals surface area contributed by atoms with E-state index in [1.807, 2.05) is 0 Å². The number of amides is 2. The second-order valence-electron chi connectivity index (χ2n) is 5.61. The Bertz CT molecular complexity index is 1030. The molecule has 0 unspecified atom stereocenters. The third-order valence-corrected chi connectivity index (χ3v) is 4.24. The van der Waals surface area contributed by atoms with Crippen molar-refractivity contribution in [1.29, 1.82) is 0 Å². The maximum Gasteiger partial charge on any atom is 0.274 e. The van der Waals surface area contributed by atoms with E-state index in [9.17, 15) is 9.59 Å². The van der Waals surface area contributed by atoms with Gasteiger partial charge in [-0.25, -0.2) is 9.67 Å². The summed E-state index contributed by atoms with van der Waals surface area (Å²) in [5.41, 5.74) is 1.40. The fraction of sp³-hybridized carbons (Fsp3) is 0.111. The topological polar surface area (TPSA) is 88.9 Å². The number of aromatic nitrogens is 3. The first-order chi connectivity index (χ1) is 12.9. The van der Waals surface area contributed by atoms with E-state index in [4.69, 9.17) is 23.2 Å². The molecule has 0 atom stereocenters. The van der Waals surface area contributed by atoms with Gasteiger partial charge < -0.3 is 10.6 Å². The third-order valence-electron chi connectivity index (χ3n) is 3.71. The highest BCUT2D eigenvalue weighted by atomic mass is 35.5. The summed E-state index contributed by atoms with van der Waals surface area (Å²) in [4.78, 5) is 29.1. The van der Waals surface area contributed by atoms with E-state index in [0.717, 1.165) is 0 Å². The van der Waals surface area contributed by atoms with Crippen LogP contribution in [0.2, 0.25) is 10.0 Å². The van der Waals surface area contributed by atoms with E-state index >= 15 is 0 Å². The van der Waals surface area contributed by atoms with Crippen LogP contribution in [-0.4, -0.2) is 33.6 Å². The summed E-state index contributed by atoms with van der Waals surface area (Å²) in [7, 11) is 1.50. The van der Waals surface area contributed by atoms with Crippen LogP contribution in [0.3, 0.4) is 0 Å². The second-order valence-corrected chi connectivity index (χ2v) is 6.46. The number of aryl methyl sites for hydroxylation is 1. The average molecular weight is 404 g/mol. The summed E-state index contributed by atoms with van der Waals surface area (Å²) in [5.74, 6) is -0.501. The van der Waals surface area contributed by atoms with Crippen LogP contribution in [0.4, 0.5) is 5.69 Å². The minimum atomic E-state index is -0.482. The molecule has 0 fully saturated rings. The number of carbonyl (C=O) groups excluding carboxylic acids is 2. The van der Waals surface area contributed by atoms with Gasteiger partial charge in [0, 0.05) is 18.3 Å². The lowest BCUT2D eigenvalue weighted by Gasteiger charge is -2.12. The van der Waals surface area contributed by atoms with Crippen LogP contribution in [0.25, 0.3) is 5.82 Å². The Labute approximate surface area is 165 Å². The Morgan fingerprint density at radius 2 is 1.89 bits per heavy atom. The van der Waals surface area contributed by atoms with Gasteiger partial charge in [0.25, 0.3) is 11.8 Å². The van der Waals surface area contributed by atoms with Gasteiger partial charge >= 0.3 is 0 Å². The van der Waals surface area contributed by atoms with Crippen LogP contribution >= 0.6 is 23.2 Å². The number of hydrogen-bond donors (Lipinski definition) is 2. The predicted molar refractivity (Wildman–Crippen MR) is 104 cm³/mol. The van der Waals surface area contributed by atoms with Crippen LogP contribution in [0.5, 0.6) is 0 Å². The molecule has 2 heterocycles. The van der Waals surface area contributed by atoms with E-state index in [2.05, 4.69) is 20.7 Å². The van der Waals surface area contributed by atoms with E-state index in [1.165, 1.54) is 23.9 Å². The molecule has 0 aliphatic heterocycles. The van der Waals surface area contributed by atoms with Gasteiger partial charge in [-0.15, -0.1) is 0 Å². The van der Waals surface area contributed by atoms with Crippen molar-refractivity contribution >= 4 is 40.7 Å². The first kappa shape index (κ1) is 18.9. The van der Waals surface area contributed by atoms with E-state index in [0.29, 0.717) is 21.6 Å². The summed E-state index contributed by atoms with van der Waals surface area (Å²) in [6.45, 7) is 1.75. The molecule has 9 heteroatoms.